The van der Waals surface area contributed by atoms with Gasteiger partial charge < -0.3 is 26.2 Å². The number of amides is 3. The molecule has 2 aromatic rings. The molecule has 160 valence electrons. The number of nitrogens with zero attached hydrogens (tertiary/aromatic N) is 1. The molecule has 0 radical (unpaired) electrons. The molecule has 2 atom stereocenters. The molecular formula is C21H20N4O6. The van der Waals surface area contributed by atoms with Gasteiger partial charge in [0.25, 0.3) is 0 Å². The van der Waals surface area contributed by atoms with Crippen LogP contribution in [0.5, 0.6) is 0 Å². The predicted molar refractivity (Wildman–Crippen MR) is 109 cm³/mol. The van der Waals surface area contributed by atoms with E-state index in [-0.39, 0.29) is 6.42 Å². The Kier molecular flexibility index (Phi) is 8.10. The summed E-state index contributed by atoms with van der Waals surface area (Å²) < 4.78 is 0. The van der Waals surface area contributed by atoms with Crippen molar-refractivity contribution in [3.05, 3.63) is 65.7 Å². The lowest BCUT2D eigenvalue weighted by molar-refractivity contribution is -0.142. The third-order valence-electron chi connectivity index (χ3n) is 4.17. The quantitative estimate of drug-likeness (QED) is 0.404. The molecule has 31 heavy (non-hydrogen) atoms. The summed E-state index contributed by atoms with van der Waals surface area (Å²) in [4.78, 5) is 47.4. The zero-order chi connectivity index (χ0) is 22.8. The summed E-state index contributed by atoms with van der Waals surface area (Å²) in [5.41, 5.74) is 1.36. The number of carbonyl (C=O) groups is 4. The average molecular weight is 424 g/mol. The topological polar surface area (TPSA) is 169 Å². The molecule has 10 nitrogen and oxygen atoms in total. The van der Waals surface area contributed by atoms with E-state index in [1.54, 1.807) is 30.3 Å². The van der Waals surface area contributed by atoms with Gasteiger partial charge >= 0.3 is 18.0 Å². The lowest BCUT2D eigenvalue weighted by atomic mass is 10.1. The Balaban J connectivity index is 2.05. The van der Waals surface area contributed by atoms with Gasteiger partial charge in [0.15, 0.2) is 0 Å². The van der Waals surface area contributed by atoms with Crippen LogP contribution in [-0.2, 0) is 20.8 Å². The van der Waals surface area contributed by atoms with Crippen LogP contribution in [0, 0.1) is 11.3 Å². The van der Waals surface area contributed by atoms with Gasteiger partial charge in [0, 0.05) is 12.1 Å². The number of carboxylic acid groups (broad SMARTS) is 2. The van der Waals surface area contributed by atoms with Crippen LogP contribution >= 0.6 is 0 Å². The van der Waals surface area contributed by atoms with Crippen LogP contribution in [0.1, 0.15) is 17.5 Å². The molecule has 0 spiro atoms. The summed E-state index contributed by atoms with van der Waals surface area (Å²) in [6.45, 7) is 0. The van der Waals surface area contributed by atoms with E-state index < -0.39 is 42.4 Å². The van der Waals surface area contributed by atoms with E-state index in [4.69, 9.17) is 10.4 Å². The van der Waals surface area contributed by atoms with E-state index in [1.807, 2.05) is 6.07 Å². The van der Waals surface area contributed by atoms with Gasteiger partial charge in [-0.25, -0.2) is 9.59 Å². The number of benzene rings is 2. The van der Waals surface area contributed by atoms with Crippen molar-refractivity contribution in [1.82, 2.24) is 10.6 Å². The zero-order valence-electron chi connectivity index (χ0n) is 16.2. The van der Waals surface area contributed by atoms with Crippen LogP contribution in [0.2, 0.25) is 0 Å². The zero-order valence-corrected chi connectivity index (χ0v) is 16.2. The molecule has 3 amide bonds. The number of anilines is 1. The number of hydrogen-bond donors (Lipinski definition) is 5. The molecule has 0 aromatic heterocycles. The molecular weight excluding hydrogens is 404 g/mol. The molecule has 0 heterocycles. The van der Waals surface area contributed by atoms with Crippen LogP contribution in [0.4, 0.5) is 10.5 Å². The second-order valence-electron chi connectivity index (χ2n) is 6.53. The van der Waals surface area contributed by atoms with Crippen LogP contribution in [0.25, 0.3) is 0 Å². The minimum atomic E-state index is -1.51. The van der Waals surface area contributed by atoms with Crippen molar-refractivity contribution in [2.75, 3.05) is 5.32 Å². The van der Waals surface area contributed by atoms with E-state index >= 15 is 0 Å². The summed E-state index contributed by atoms with van der Waals surface area (Å²) in [7, 11) is 0. The van der Waals surface area contributed by atoms with Crippen LogP contribution in [-0.4, -0.2) is 46.2 Å². The molecule has 0 aliphatic rings. The smallest absolute Gasteiger partial charge is 0.326 e. The maximum absolute atomic E-state index is 12.5. The standard InChI is InChI=1S/C21H20N4O6/c22-12-14-6-8-15(9-7-14)23-21(31)25-16(11-18(26)27)19(28)24-17(20(29)30)10-13-4-2-1-3-5-13/h1-9,16-17H,10-11H2,(H,24,28)(H,26,27)(H,29,30)(H2,23,25,31)/t16-,17-/m0/s1. The number of carboxylic acids is 2. The van der Waals surface area contributed by atoms with E-state index in [9.17, 15) is 24.3 Å². The first-order valence-corrected chi connectivity index (χ1v) is 9.15. The molecule has 2 rings (SSSR count). The second-order valence-corrected chi connectivity index (χ2v) is 6.53. The van der Waals surface area contributed by atoms with Gasteiger partial charge in [-0.05, 0) is 29.8 Å². The van der Waals surface area contributed by atoms with Gasteiger partial charge in [-0.3, -0.25) is 9.59 Å². The molecule has 10 heteroatoms. The second kappa shape index (κ2) is 11.0. The number of aliphatic carboxylic acids is 2. The minimum absolute atomic E-state index is 0.0147. The average Bonchev–Trinajstić information content (AvgIpc) is 2.73. The fourth-order valence-electron chi connectivity index (χ4n) is 2.66. The normalized spacial score (nSPS) is 12.0. The first kappa shape index (κ1) is 22.9. The Morgan fingerprint density at radius 1 is 0.903 bits per heavy atom. The molecule has 0 aliphatic carbocycles. The molecule has 5 N–H and O–H groups in total. The lowest BCUT2D eigenvalue weighted by Crippen LogP contribution is -2.53. The van der Waals surface area contributed by atoms with Gasteiger partial charge in [-0.1, -0.05) is 30.3 Å². The monoisotopic (exact) mass is 424 g/mol. The van der Waals surface area contributed by atoms with Crippen LogP contribution in [0.15, 0.2) is 54.6 Å². The number of nitriles is 1. The fourth-order valence-corrected chi connectivity index (χ4v) is 2.66. The summed E-state index contributed by atoms with van der Waals surface area (Å²) in [5, 5.41) is 34.2. The maximum Gasteiger partial charge on any atom is 0.326 e. The third-order valence-corrected chi connectivity index (χ3v) is 4.17. The molecule has 0 unspecified atom stereocenters. The molecule has 0 saturated heterocycles. The first-order valence-electron chi connectivity index (χ1n) is 9.15. The van der Waals surface area contributed by atoms with Crippen molar-refractivity contribution in [3.63, 3.8) is 0 Å². The van der Waals surface area contributed by atoms with Gasteiger partial charge in [-0.2, -0.15) is 5.26 Å². The Bertz CT molecular complexity index is 985. The Labute approximate surface area is 177 Å². The molecule has 2 aromatic carbocycles. The highest BCUT2D eigenvalue weighted by Gasteiger charge is 2.28. The predicted octanol–water partition coefficient (Wildman–Crippen LogP) is 1.34. The Morgan fingerprint density at radius 3 is 2.10 bits per heavy atom. The highest BCUT2D eigenvalue weighted by atomic mass is 16.4. The summed E-state index contributed by atoms with van der Waals surface area (Å²) in [5.74, 6) is -3.59. The van der Waals surface area contributed by atoms with Crippen molar-refractivity contribution in [3.8, 4) is 6.07 Å². The largest absolute Gasteiger partial charge is 0.481 e. The maximum atomic E-state index is 12.5. The van der Waals surface area contributed by atoms with Crippen LogP contribution < -0.4 is 16.0 Å². The summed E-state index contributed by atoms with van der Waals surface area (Å²) in [6.07, 6.45) is -0.760. The molecule has 0 bridgehead atoms. The van der Waals surface area contributed by atoms with E-state index in [0.717, 1.165) is 0 Å². The van der Waals surface area contributed by atoms with Gasteiger partial charge in [0.05, 0.1) is 18.1 Å². The van der Waals surface area contributed by atoms with Crippen LogP contribution in [0.3, 0.4) is 0 Å². The highest BCUT2D eigenvalue weighted by Crippen LogP contribution is 2.09. The van der Waals surface area contributed by atoms with Gasteiger partial charge in [0.1, 0.15) is 12.1 Å². The highest BCUT2D eigenvalue weighted by molar-refractivity contribution is 5.96. The number of carbonyl (C=O) groups excluding carboxylic acids is 2. The Morgan fingerprint density at radius 2 is 1.55 bits per heavy atom. The van der Waals surface area contributed by atoms with Gasteiger partial charge in [0.2, 0.25) is 5.91 Å². The number of nitrogens with one attached hydrogen (secondary N) is 3. The van der Waals surface area contributed by atoms with Crippen molar-refractivity contribution in [2.24, 2.45) is 0 Å². The van der Waals surface area contributed by atoms with E-state index in [0.29, 0.717) is 16.8 Å². The lowest BCUT2D eigenvalue weighted by Gasteiger charge is -2.20. The Hall–Kier alpha value is -4.39. The molecule has 0 saturated carbocycles. The van der Waals surface area contributed by atoms with Crippen molar-refractivity contribution < 1.29 is 29.4 Å². The van der Waals surface area contributed by atoms with Crippen molar-refractivity contribution in [1.29, 1.82) is 5.26 Å². The fraction of sp³-hybridized carbons (Fsp3) is 0.190. The minimum Gasteiger partial charge on any atom is -0.481 e. The van der Waals surface area contributed by atoms with Crippen molar-refractivity contribution in [2.45, 2.75) is 24.9 Å². The molecule has 0 aliphatic heterocycles. The first-order chi connectivity index (χ1) is 14.8. The summed E-state index contributed by atoms with van der Waals surface area (Å²) in [6, 6.07) is 12.7. The van der Waals surface area contributed by atoms with E-state index in [1.165, 1.54) is 24.3 Å². The van der Waals surface area contributed by atoms with Crippen molar-refractivity contribution >= 4 is 29.6 Å². The van der Waals surface area contributed by atoms with Gasteiger partial charge in [-0.15, -0.1) is 0 Å². The number of urea groups is 1. The summed E-state index contributed by atoms with van der Waals surface area (Å²) >= 11 is 0. The third kappa shape index (κ3) is 7.51. The number of rotatable bonds is 9. The number of hydrogen-bond acceptors (Lipinski definition) is 5. The SMILES string of the molecule is N#Cc1ccc(NC(=O)N[C@@H](CC(=O)O)C(=O)N[C@@H](Cc2ccccc2)C(=O)O)cc1. The molecule has 0 fully saturated rings. The van der Waals surface area contributed by atoms with E-state index in [2.05, 4.69) is 16.0 Å².